The normalized spacial score (nSPS) is 24.6. The average Bonchev–Trinajstić information content (AvgIpc) is 2.37. The first kappa shape index (κ1) is 12.7. The summed E-state index contributed by atoms with van der Waals surface area (Å²) in [5.74, 6) is 1.02. The molecule has 1 fully saturated rings. The second-order valence-electron chi connectivity index (χ2n) is 4.74. The molecule has 0 saturated heterocycles. The highest BCUT2D eigenvalue weighted by molar-refractivity contribution is 6.29. The Kier molecular flexibility index (Phi) is 4.63. The van der Waals surface area contributed by atoms with E-state index >= 15 is 0 Å². The standard InChI is InChI=1S/C13H19ClN2O/c14-13-7-12(5-6-15-13)16-8-10-3-1-2-4-11(10)9-17/h5-7,10-11,17H,1-4,8-9H2,(H,15,16). The second-order valence-corrected chi connectivity index (χ2v) is 5.12. The minimum absolute atomic E-state index is 0.309. The molecule has 0 aliphatic heterocycles. The first-order valence-corrected chi connectivity index (χ1v) is 6.63. The molecule has 94 valence electrons. The molecular weight excluding hydrogens is 236 g/mol. The maximum Gasteiger partial charge on any atom is 0.131 e. The van der Waals surface area contributed by atoms with Crippen molar-refractivity contribution in [2.45, 2.75) is 25.7 Å². The van der Waals surface area contributed by atoms with Crippen molar-refractivity contribution in [2.75, 3.05) is 18.5 Å². The minimum atomic E-state index is 0.309. The lowest BCUT2D eigenvalue weighted by atomic mass is 9.79. The quantitative estimate of drug-likeness (QED) is 0.812. The molecular formula is C13H19ClN2O. The van der Waals surface area contributed by atoms with E-state index < -0.39 is 0 Å². The van der Waals surface area contributed by atoms with Crippen molar-refractivity contribution in [3.05, 3.63) is 23.5 Å². The van der Waals surface area contributed by atoms with Crippen LogP contribution in [0.1, 0.15) is 25.7 Å². The number of nitrogens with zero attached hydrogens (tertiary/aromatic N) is 1. The number of anilines is 1. The summed E-state index contributed by atoms with van der Waals surface area (Å²) in [6.45, 7) is 1.22. The van der Waals surface area contributed by atoms with E-state index in [1.807, 2.05) is 12.1 Å². The molecule has 1 heterocycles. The molecule has 0 bridgehead atoms. The summed E-state index contributed by atoms with van der Waals surface area (Å²) < 4.78 is 0. The van der Waals surface area contributed by atoms with E-state index in [-0.39, 0.29) is 0 Å². The van der Waals surface area contributed by atoms with E-state index in [0.29, 0.717) is 23.6 Å². The van der Waals surface area contributed by atoms with Crippen LogP contribution in [0.4, 0.5) is 5.69 Å². The molecule has 1 aliphatic rings. The fraction of sp³-hybridized carbons (Fsp3) is 0.615. The Morgan fingerprint density at radius 1 is 1.35 bits per heavy atom. The van der Waals surface area contributed by atoms with Crippen LogP contribution < -0.4 is 5.32 Å². The summed E-state index contributed by atoms with van der Waals surface area (Å²) in [4.78, 5) is 3.95. The van der Waals surface area contributed by atoms with E-state index in [1.54, 1.807) is 6.20 Å². The van der Waals surface area contributed by atoms with Crippen LogP contribution in [0.15, 0.2) is 18.3 Å². The molecule has 1 aromatic rings. The number of aromatic nitrogens is 1. The van der Waals surface area contributed by atoms with Gasteiger partial charge in [-0.2, -0.15) is 0 Å². The van der Waals surface area contributed by atoms with Crippen molar-refractivity contribution in [1.82, 2.24) is 4.98 Å². The zero-order valence-corrected chi connectivity index (χ0v) is 10.7. The van der Waals surface area contributed by atoms with Crippen LogP contribution in [0.25, 0.3) is 0 Å². The van der Waals surface area contributed by atoms with Gasteiger partial charge in [-0.1, -0.05) is 24.4 Å². The lowest BCUT2D eigenvalue weighted by molar-refractivity contribution is 0.141. The Labute approximate surface area is 107 Å². The van der Waals surface area contributed by atoms with Gasteiger partial charge in [-0.15, -0.1) is 0 Å². The predicted molar refractivity (Wildman–Crippen MR) is 70.3 cm³/mol. The van der Waals surface area contributed by atoms with E-state index in [1.165, 1.54) is 19.3 Å². The molecule has 2 unspecified atom stereocenters. The van der Waals surface area contributed by atoms with E-state index in [0.717, 1.165) is 18.7 Å². The monoisotopic (exact) mass is 254 g/mol. The van der Waals surface area contributed by atoms with Gasteiger partial charge in [0.25, 0.3) is 0 Å². The summed E-state index contributed by atoms with van der Waals surface area (Å²) in [5, 5.41) is 13.2. The lowest BCUT2D eigenvalue weighted by Crippen LogP contribution is -2.28. The molecule has 4 heteroatoms. The SMILES string of the molecule is OCC1CCCCC1CNc1ccnc(Cl)c1. The smallest absolute Gasteiger partial charge is 0.131 e. The van der Waals surface area contributed by atoms with E-state index in [4.69, 9.17) is 11.6 Å². The topological polar surface area (TPSA) is 45.1 Å². The molecule has 2 rings (SSSR count). The summed E-state index contributed by atoms with van der Waals surface area (Å²) in [6.07, 6.45) is 6.59. The Morgan fingerprint density at radius 2 is 2.12 bits per heavy atom. The number of rotatable bonds is 4. The van der Waals surface area contributed by atoms with E-state index in [9.17, 15) is 5.11 Å². The van der Waals surface area contributed by atoms with Crippen LogP contribution in [-0.2, 0) is 0 Å². The Hall–Kier alpha value is -0.800. The highest BCUT2D eigenvalue weighted by atomic mass is 35.5. The van der Waals surface area contributed by atoms with Gasteiger partial charge < -0.3 is 10.4 Å². The molecule has 3 nitrogen and oxygen atoms in total. The van der Waals surface area contributed by atoms with E-state index in [2.05, 4.69) is 10.3 Å². The number of aliphatic hydroxyl groups is 1. The van der Waals surface area contributed by atoms with Gasteiger partial charge in [0, 0.05) is 25.0 Å². The third-order valence-corrected chi connectivity index (χ3v) is 3.80. The molecule has 1 aromatic heterocycles. The number of hydrogen-bond donors (Lipinski definition) is 2. The molecule has 2 atom stereocenters. The van der Waals surface area contributed by atoms with Crippen molar-refractivity contribution in [2.24, 2.45) is 11.8 Å². The largest absolute Gasteiger partial charge is 0.396 e. The lowest BCUT2D eigenvalue weighted by Gasteiger charge is -2.30. The minimum Gasteiger partial charge on any atom is -0.396 e. The number of nitrogens with one attached hydrogen (secondary N) is 1. The number of aliphatic hydroxyl groups excluding tert-OH is 1. The van der Waals surface area contributed by atoms with Gasteiger partial charge >= 0.3 is 0 Å². The molecule has 17 heavy (non-hydrogen) atoms. The fourth-order valence-corrected chi connectivity index (χ4v) is 2.73. The fourth-order valence-electron chi connectivity index (χ4n) is 2.55. The van der Waals surface area contributed by atoms with Gasteiger partial charge in [-0.25, -0.2) is 4.98 Å². The van der Waals surface area contributed by atoms with Crippen molar-refractivity contribution in [3.8, 4) is 0 Å². The molecule has 0 spiro atoms. The number of hydrogen-bond acceptors (Lipinski definition) is 3. The van der Waals surface area contributed by atoms with Gasteiger partial charge in [0.05, 0.1) is 0 Å². The van der Waals surface area contributed by atoms with Crippen molar-refractivity contribution < 1.29 is 5.11 Å². The predicted octanol–water partition coefficient (Wildman–Crippen LogP) is 2.95. The summed E-state index contributed by atoms with van der Waals surface area (Å²) in [7, 11) is 0. The molecule has 0 aromatic carbocycles. The molecule has 0 radical (unpaired) electrons. The van der Waals surface area contributed by atoms with Crippen LogP contribution >= 0.6 is 11.6 Å². The third kappa shape index (κ3) is 3.58. The van der Waals surface area contributed by atoms with Crippen molar-refractivity contribution in [1.29, 1.82) is 0 Å². The average molecular weight is 255 g/mol. The summed E-state index contributed by atoms with van der Waals surface area (Å²) in [5.41, 5.74) is 1.01. The van der Waals surface area contributed by atoms with Crippen molar-refractivity contribution in [3.63, 3.8) is 0 Å². The molecule has 2 N–H and O–H groups in total. The molecule has 1 saturated carbocycles. The zero-order chi connectivity index (χ0) is 12.1. The van der Waals surface area contributed by atoms with Gasteiger partial charge in [-0.3, -0.25) is 0 Å². The highest BCUT2D eigenvalue weighted by Gasteiger charge is 2.23. The zero-order valence-electron chi connectivity index (χ0n) is 9.90. The Bertz CT molecular complexity index is 359. The number of halogens is 1. The van der Waals surface area contributed by atoms with Crippen LogP contribution in [0.5, 0.6) is 0 Å². The van der Waals surface area contributed by atoms with Gasteiger partial charge in [0.15, 0.2) is 0 Å². The van der Waals surface area contributed by atoms with Gasteiger partial charge in [-0.05, 0) is 36.8 Å². The second kappa shape index (κ2) is 6.22. The number of pyridine rings is 1. The maximum atomic E-state index is 9.34. The first-order valence-electron chi connectivity index (χ1n) is 6.26. The first-order chi connectivity index (χ1) is 8.29. The van der Waals surface area contributed by atoms with Crippen LogP contribution in [-0.4, -0.2) is 23.2 Å². The Morgan fingerprint density at radius 3 is 2.82 bits per heavy atom. The summed E-state index contributed by atoms with van der Waals surface area (Å²) >= 11 is 5.83. The third-order valence-electron chi connectivity index (χ3n) is 3.60. The van der Waals surface area contributed by atoms with Crippen LogP contribution in [0.2, 0.25) is 5.15 Å². The highest BCUT2D eigenvalue weighted by Crippen LogP contribution is 2.29. The van der Waals surface area contributed by atoms with Crippen LogP contribution in [0.3, 0.4) is 0 Å². The molecule has 1 aliphatic carbocycles. The van der Waals surface area contributed by atoms with Gasteiger partial charge in [0.2, 0.25) is 0 Å². The molecule has 0 amide bonds. The van der Waals surface area contributed by atoms with Crippen LogP contribution in [0, 0.1) is 11.8 Å². The summed E-state index contributed by atoms with van der Waals surface area (Å²) in [6, 6.07) is 3.75. The Balaban J connectivity index is 1.88. The van der Waals surface area contributed by atoms with Crippen molar-refractivity contribution >= 4 is 17.3 Å². The van der Waals surface area contributed by atoms with Gasteiger partial charge in [0.1, 0.15) is 5.15 Å². The maximum absolute atomic E-state index is 9.34.